The quantitative estimate of drug-likeness (QED) is 0.733. The first-order chi connectivity index (χ1) is 8.97. The molecule has 2 aliphatic rings. The molecule has 2 heterocycles. The highest BCUT2D eigenvalue weighted by atomic mass is 16.5. The fraction of sp³-hybridized carbons (Fsp3) is 0.833. The van der Waals surface area contributed by atoms with Crippen LogP contribution in [0.5, 0.6) is 0 Å². The summed E-state index contributed by atoms with van der Waals surface area (Å²) in [5.41, 5.74) is 0. The Balaban J connectivity index is 1.91. The van der Waals surface area contributed by atoms with Crippen LogP contribution in [0.4, 0.5) is 4.79 Å². The van der Waals surface area contributed by atoms with E-state index in [0.717, 1.165) is 0 Å². The zero-order chi connectivity index (χ0) is 14.0. The molecule has 0 radical (unpaired) electrons. The van der Waals surface area contributed by atoms with Crippen LogP contribution in [0.15, 0.2) is 0 Å². The standard InChI is InChI=1S/C12H20N2O5/c1-7-3-14(4-8(2)19-7)12(17)13-10-6-18-5-9(10)11(15)16/h7-10H,3-6H2,1-2H3,(H,13,17)(H,15,16)/t7-,8+,9?,10?. The molecule has 7 nitrogen and oxygen atoms in total. The van der Waals surface area contributed by atoms with Crippen LogP contribution in [0.1, 0.15) is 13.8 Å². The number of carbonyl (C=O) groups is 2. The van der Waals surface area contributed by atoms with Crippen molar-refractivity contribution >= 4 is 12.0 Å². The Labute approximate surface area is 111 Å². The van der Waals surface area contributed by atoms with Crippen LogP contribution < -0.4 is 5.32 Å². The number of hydrogen-bond donors (Lipinski definition) is 2. The summed E-state index contributed by atoms with van der Waals surface area (Å²) in [5, 5.41) is 11.8. The van der Waals surface area contributed by atoms with Gasteiger partial charge in [0.25, 0.3) is 0 Å². The molecule has 19 heavy (non-hydrogen) atoms. The van der Waals surface area contributed by atoms with Crippen molar-refractivity contribution < 1.29 is 24.2 Å². The van der Waals surface area contributed by atoms with E-state index in [1.165, 1.54) is 0 Å². The van der Waals surface area contributed by atoms with Gasteiger partial charge in [0, 0.05) is 13.1 Å². The highest BCUT2D eigenvalue weighted by molar-refractivity contribution is 5.77. The van der Waals surface area contributed by atoms with E-state index in [9.17, 15) is 9.59 Å². The summed E-state index contributed by atoms with van der Waals surface area (Å²) in [7, 11) is 0. The second-order valence-electron chi connectivity index (χ2n) is 5.20. The molecule has 0 aromatic carbocycles. The number of carbonyl (C=O) groups excluding carboxylic acids is 1. The van der Waals surface area contributed by atoms with Crippen LogP contribution in [0.2, 0.25) is 0 Å². The van der Waals surface area contributed by atoms with E-state index in [1.54, 1.807) is 4.90 Å². The van der Waals surface area contributed by atoms with Gasteiger partial charge in [0.05, 0.1) is 31.5 Å². The number of morpholine rings is 1. The van der Waals surface area contributed by atoms with Crippen LogP contribution in [-0.4, -0.2) is 66.6 Å². The summed E-state index contributed by atoms with van der Waals surface area (Å²) in [6.07, 6.45) is -0.0193. The van der Waals surface area contributed by atoms with Crippen molar-refractivity contribution in [3.63, 3.8) is 0 Å². The molecule has 0 aliphatic carbocycles. The van der Waals surface area contributed by atoms with E-state index in [4.69, 9.17) is 14.6 Å². The molecular weight excluding hydrogens is 252 g/mol. The lowest BCUT2D eigenvalue weighted by Crippen LogP contribution is -2.55. The number of carboxylic acids is 1. The number of carboxylic acid groups (broad SMARTS) is 1. The first kappa shape index (κ1) is 14.1. The molecule has 4 atom stereocenters. The normalized spacial score (nSPS) is 35.2. The molecule has 2 rings (SSSR count). The number of aliphatic carboxylic acids is 1. The van der Waals surface area contributed by atoms with Crippen molar-refractivity contribution in [2.75, 3.05) is 26.3 Å². The van der Waals surface area contributed by atoms with E-state index in [0.29, 0.717) is 13.1 Å². The predicted molar refractivity (Wildman–Crippen MR) is 65.8 cm³/mol. The van der Waals surface area contributed by atoms with Gasteiger partial charge in [-0.25, -0.2) is 4.79 Å². The fourth-order valence-electron chi connectivity index (χ4n) is 2.53. The van der Waals surface area contributed by atoms with Gasteiger partial charge in [-0.3, -0.25) is 4.79 Å². The van der Waals surface area contributed by atoms with Gasteiger partial charge in [-0.15, -0.1) is 0 Å². The maximum Gasteiger partial charge on any atom is 0.317 e. The molecule has 2 unspecified atom stereocenters. The summed E-state index contributed by atoms with van der Waals surface area (Å²) in [4.78, 5) is 24.8. The van der Waals surface area contributed by atoms with E-state index in [1.807, 2.05) is 13.8 Å². The van der Waals surface area contributed by atoms with Crippen LogP contribution in [0.25, 0.3) is 0 Å². The largest absolute Gasteiger partial charge is 0.481 e. The minimum Gasteiger partial charge on any atom is -0.481 e. The molecule has 2 amide bonds. The number of hydrogen-bond acceptors (Lipinski definition) is 4. The highest BCUT2D eigenvalue weighted by Crippen LogP contribution is 2.16. The molecule has 2 aliphatic heterocycles. The second kappa shape index (κ2) is 5.75. The van der Waals surface area contributed by atoms with Crippen LogP contribution in [0.3, 0.4) is 0 Å². The van der Waals surface area contributed by atoms with Crippen LogP contribution in [-0.2, 0) is 14.3 Å². The SMILES string of the molecule is C[C@@H]1CN(C(=O)NC2COCC2C(=O)O)C[C@H](C)O1. The Morgan fingerprint density at radius 2 is 1.84 bits per heavy atom. The minimum absolute atomic E-state index is 0.00963. The minimum atomic E-state index is -0.938. The van der Waals surface area contributed by atoms with Gasteiger partial charge in [0.15, 0.2) is 0 Å². The van der Waals surface area contributed by atoms with Crippen molar-refractivity contribution in [3.05, 3.63) is 0 Å². The molecule has 0 aromatic rings. The Morgan fingerprint density at radius 1 is 1.21 bits per heavy atom. The van der Waals surface area contributed by atoms with Gasteiger partial charge in [-0.05, 0) is 13.8 Å². The predicted octanol–water partition coefficient (Wildman–Crippen LogP) is -0.0952. The monoisotopic (exact) mass is 272 g/mol. The Kier molecular flexibility index (Phi) is 4.26. The van der Waals surface area contributed by atoms with Crippen molar-refractivity contribution in [2.45, 2.75) is 32.1 Å². The second-order valence-corrected chi connectivity index (χ2v) is 5.20. The Morgan fingerprint density at radius 3 is 2.42 bits per heavy atom. The third-order valence-electron chi connectivity index (χ3n) is 3.41. The maximum absolute atomic E-state index is 12.1. The average Bonchev–Trinajstić information content (AvgIpc) is 2.75. The fourth-order valence-corrected chi connectivity index (χ4v) is 2.53. The van der Waals surface area contributed by atoms with Gasteiger partial charge in [0.2, 0.25) is 0 Å². The van der Waals surface area contributed by atoms with Gasteiger partial charge in [0.1, 0.15) is 5.92 Å². The zero-order valence-electron chi connectivity index (χ0n) is 11.2. The van der Waals surface area contributed by atoms with Crippen molar-refractivity contribution in [1.29, 1.82) is 0 Å². The maximum atomic E-state index is 12.1. The molecule has 0 spiro atoms. The summed E-state index contributed by atoms with van der Waals surface area (Å²) in [6, 6.07) is -0.706. The third-order valence-corrected chi connectivity index (χ3v) is 3.41. The Bertz CT molecular complexity index is 352. The number of nitrogens with one attached hydrogen (secondary N) is 1. The number of nitrogens with zero attached hydrogens (tertiary/aromatic N) is 1. The smallest absolute Gasteiger partial charge is 0.317 e. The number of ether oxygens (including phenoxy) is 2. The van der Waals surface area contributed by atoms with Crippen molar-refractivity contribution in [3.8, 4) is 0 Å². The van der Waals surface area contributed by atoms with Gasteiger partial charge >= 0.3 is 12.0 Å². The summed E-state index contributed by atoms with van der Waals surface area (Å²) >= 11 is 0. The average molecular weight is 272 g/mol. The lowest BCUT2D eigenvalue weighted by molar-refractivity contribution is -0.142. The number of urea groups is 1. The van der Waals surface area contributed by atoms with Gasteiger partial charge in [-0.2, -0.15) is 0 Å². The van der Waals surface area contributed by atoms with Gasteiger partial charge in [-0.1, -0.05) is 0 Å². The number of rotatable bonds is 2. The van der Waals surface area contributed by atoms with Crippen LogP contribution in [0, 0.1) is 5.92 Å². The van der Waals surface area contributed by atoms with E-state index >= 15 is 0 Å². The summed E-state index contributed by atoms with van der Waals surface area (Å²) in [6.45, 7) is 5.25. The molecule has 0 aromatic heterocycles. The van der Waals surface area contributed by atoms with Crippen LogP contribution >= 0.6 is 0 Å². The summed E-state index contributed by atoms with van der Waals surface area (Å²) < 4.78 is 10.7. The van der Waals surface area contributed by atoms with Crippen molar-refractivity contribution in [1.82, 2.24) is 10.2 Å². The number of amides is 2. The van der Waals surface area contributed by atoms with E-state index < -0.39 is 17.9 Å². The first-order valence-corrected chi connectivity index (χ1v) is 6.49. The topological polar surface area (TPSA) is 88.1 Å². The van der Waals surface area contributed by atoms with E-state index in [2.05, 4.69) is 5.32 Å². The molecule has 2 saturated heterocycles. The Hall–Kier alpha value is -1.34. The lowest BCUT2D eigenvalue weighted by atomic mass is 10.0. The molecule has 2 fully saturated rings. The molecule has 0 saturated carbocycles. The third kappa shape index (κ3) is 3.36. The molecule has 108 valence electrons. The highest BCUT2D eigenvalue weighted by Gasteiger charge is 2.36. The molecule has 0 bridgehead atoms. The zero-order valence-corrected chi connectivity index (χ0v) is 11.2. The summed E-state index contributed by atoms with van der Waals surface area (Å²) in [5.74, 6) is -1.61. The molecule has 2 N–H and O–H groups in total. The van der Waals surface area contributed by atoms with E-state index in [-0.39, 0.29) is 31.5 Å². The molecular formula is C12H20N2O5. The first-order valence-electron chi connectivity index (χ1n) is 6.49. The van der Waals surface area contributed by atoms with Gasteiger partial charge < -0.3 is 24.8 Å². The van der Waals surface area contributed by atoms with Crippen molar-refractivity contribution in [2.24, 2.45) is 5.92 Å². The molecule has 7 heteroatoms. The lowest BCUT2D eigenvalue weighted by Gasteiger charge is -2.36.